The van der Waals surface area contributed by atoms with Gasteiger partial charge in [-0.2, -0.15) is 0 Å². The average Bonchev–Trinajstić information content (AvgIpc) is 2.78. The van der Waals surface area contributed by atoms with Gasteiger partial charge < -0.3 is 15.6 Å². The third-order valence-electron chi connectivity index (χ3n) is 9.06. The Labute approximate surface area is 151 Å². The molecule has 4 nitrogen and oxygen atoms in total. The quantitative estimate of drug-likeness (QED) is 0.713. The second-order valence-corrected chi connectivity index (χ2v) is 10.0. The minimum atomic E-state index is -0.320. The maximum absolute atomic E-state index is 11.3. The van der Waals surface area contributed by atoms with Crippen LogP contribution < -0.4 is 5.73 Å². The van der Waals surface area contributed by atoms with Crippen molar-refractivity contribution in [2.75, 3.05) is 0 Å². The van der Waals surface area contributed by atoms with E-state index in [2.05, 4.69) is 13.8 Å². The topological polar surface area (TPSA) is 72.5 Å². The molecule has 0 aliphatic heterocycles. The fourth-order valence-corrected chi connectivity index (χ4v) is 7.61. The summed E-state index contributed by atoms with van der Waals surface area (Å²) in [7, 11) is 0. The molecule has 25 heavy (non-hydrogen) atoms. The molecule has 0 radical (unpaired) electrons. The normalized spacial score (nSPS) is 55.0. The molecule has 4 rings (SSSR count). The summed E-state index contributed by atoms with van der Waals surface area (Å²) in [4.78, 5) is 11.3. The van der Waals surface area contributed by atoms with Crippen molar-refractivity contribution in [2.45, 2.75) is 90.4 Å². The number of rotatable bonds is 1. The number of carbonyl (C=O) groups excluding carboxylic acids is 1. The molecule has 4 fully saturated rings. The minimum Gasteiger partial charge on any atom is -0.463 e. The van der Waals surface area contributed by atoms with Crippen molar-refractivity contribution in [2.24, 2.45) is 40.2 Å². The van der Waals surface area contributed by atoms with E-state index in [0.717, 1.165) is 31.6 Å². The summed E-state index contributed by atoms with van der Waals surface area (Å²) < 4.78 is 5.55. The zero-order valence-corrected chi connectivity index (χ0v) is 16.0. The fourth-order valence-electron chi connectivity index (χ4n) is 7.61. The van der Waals surface area contributed by atoms with E-state index in [1.165, 1.54) is 32.6 Å². The summed E-state index contributed by atoms with van der Waals surface area (Å²) in [5.74, 6) is 2.59. The maximum Gasteiger partial charge on any atom is 0.302 e. The smallest absolute Gasteiger partial charge is 0.302 e. The summed E-state index contributed by atoms with van der Waals surface area (Å²) >= 11 is 0. The summed E-state index contributed by atoms with van der Waals surface area (Å²) in [6.45, 7) is 6.37. The van der Waals surface area contributed by atoms with E-state index in [1.807, 2.05) is 0 Å². The zero-order chi connectivity index (χ0) is 18.0. The Morgan fingerprint density at radius 3 is 2.48 bits per heavy atom. The van der Waals surface area contributed by atoms with Gasteiger partial charge >= 0.3 is 5.97 Å². The molecule has 9 atom stereocenters. The van der Waals surface area contributed by atoms with Crippen LogP contribution in [0.15, 0.2) is 0 Å². The van der Waals surface area contributed by atoms with Crippen LogP contribution in [0.3, 0.4) is 0 Å². The van der Waals surface area contributed by atoms with E-state index < -0.39 is 0 Å². The molecule has 0 bridgehead atoms. The molecular formula is C21H35NO3. The van der Waals surface area contributed by atoms with Crippen LogP contribution >= 0.6 is 0 Å². The van der Waals surface area contributed by atoms with E-state index in [4.69, 9.17) is 10.5 Å². The summed E-state index contributed by atoms with van der Waals surface area (Å²) in [6, 6.07) is -0.0521. The van der Waals surface area contributed by atoms with E-state index in [1.54, 1.807) is 0 Å². The zero-order valence-electron chi connectivity index (χ0n) is 16.0. The summed E-state index contributed by atoms with van der Waals surface area (Å²) in [5.41, 5.74) is 6.92. The van der Waals surface area contributed by atoms with Crippen molar-refractivity contribution in [3.05, 3.63) is 0 Å². The van der Waals surface area contributed by atoms with Crippen LogP contribution in [0.25, 0.3) is 0 Å². The van der Waals surface area contributed by atoms with Gasteiger partial charge in [0.05, 0.1) is 6.10 Å². The van der Waals surface area contributed by atoms with Crippen molar-refractivity contribution < 1.29 is 14.6 Å². The van der Waals surface area contributed by atoms with Crippen molar-refractivity contribution in [3.63, 3.8) is 0 Å². The van der Waals surface area contributed by atoms with E-state index in [9.17, 15) is 9.90 Å². The molecule has 4 saturated carbocycles. The highest BCUT2D eigenvalue weighted by Crippen LogP contribution is 2.66. The number of fused-ring (bicyclic) bond motifs is 5. The first-order valence-corrected chi connectivity index (χ1v) is 10.4. The van der Waals surface area contributed by atoms with Gasteiger partial charge in [-0.05, 0) is 85.9 Å². The number of hydrogen-bond donors (Lipinski definition) is 2. The van der Waals surface area contributed by atoms with Crippen LogP contribution in [-0.4, -0.2) is 29.3 Å². The predicted molar refractivity (Wildman–Crippen MR) is 96.6 cm³/mol. The molecule has 142 valence electrons. The SMILES string of the molecule is CC(=O)O[C@H]1CC[C@@]2(C)[C@@H](CC[C@@H]3[C@@H]2CC[C@]2(C)[C@H](N)[C@H](O)C[C@@H]32)C1. The lowest BCUT2D eigenvalue weighted by molar-refractivity contribution is -0.159. The lowest BCUT2D eigenvalue weighted by atomic mass is 9.45. The first-order valence-electron chi connectivity index (χ1n) is 10.4. The molecule has 0 amide bonds. The maximum atomic E-state index is 11.3. The molecule has 4 heteroatoms. The van der Waals surface area contributed by atoms with Gasteiger partial charge in [-0.25, -0.2) is 0 Å². The molecule has 0 aromatic rings. The molecule has 0 heterocycles. The Bertz CT molecular complexity index is 551. The van der Waals surface area contributed by atoms with Crippen LogP contribution in [-0.2, 0) is 9.53 Å². The van der Waals surface area contributed by atoms with Crippen molar-refractivity contribution in [3.8, 4) is 0 Å². The van der Waals surface area contributed by atoms with Crippen molar-refractivity contribution in [1.82, 2.24) is 0 Å². The number of aliphatic hydroxyl groups excluding tert-OH is 1. The van der Waals surface area contributed by atoms with Gasteiger partial charge in [0.15, 0.2) is 0 Å². The number of ether oxygens (including phenoxy) is 1. The fraction of sp³-hybridized carbons (Fsp3) is 0.952. The highest BCUT2D eigenvalue weighted by molar-refractivity contribution is 5.66. The highest BCUT2D eigenvalue weighted by atomic mass is 16.5. The second kappa shape index (κ2) is 5.95. The molecule has 4 aliphatic rings. The molecule has 0 spiro atoms. The number of aliphatic hydroxyl groups is 1. The lowest BCUT2D eigenvalue weighted by Gasteiger charge is -2.60. The molecule has 4 aliphatic carbocycles. The van der Waals surface area contributed by atoms with Gasteiger partial charge in [0.2, 0.25) is 0 Å². The van der Waals surface area contributed by atoms with Crippen LogP contribution in [0.4, 0.5) is 0 Å². The Morgan fingerprint density at radius 1 is 1.04 bits per heavy atom. The van der Waals surface area contributed by atoms with Gasteiger partial charge in [-0.3, -0.25) is 4.79 Å². The number of carbonyl (C=O) groups is 1. The Kier molecular flexibility index (Phi) is 4.23. The Hall–Kier alpha value is -0.610. The first kappa shape index (κ1) is 17.8. The number of nitrogens with two attached hydrogens (primary N) is 1. The van der Waals surface area contributed by atoms with E-state index in [0.29, 0.717) is 23.2 Å². The molecule has 0 saturated heterocycles. The van der Waals surface area contributed by atoms with Crippen LogP contribution in [0.2, 0.25) is 0 Å². The second-order valence-electron chi connectivity index (χ2n) is 10.0. The van der Waals surface area contributed by atoms with Crippen LogP contribution in [0.1, 0.15) is 72.1 Å². The first-order chi connectivity index (χ1) is 11.8. The predicted octanol–water partition coefficient (Wildman–Crippen LogP) is 3.26. The standard InChI is InChI=1S/C21H35NO3/c1-12(23)25-14-6-8-20(2)13(10-14)4-5-15-16(20)7-9-21(3)17(15)11-18(24)19(21)22/h13-19,24H,4-11,22H2,1-3H3/t13-,14-,15+,16-,17-,18+,19+,20-,21-/m0/s1. The van der Waals surface area contributed by atoms with Crippen molar-refractivity contribution in [1.29, 1.82) is 0 Å². The molecule has 0 unspecified atom stereocenters. The van der Waals surface area contributed by atoms with Gasteiger partial charge in [0.25, 0.3) is 0 Å². The van der Waals surface area contributed by atoms with E-state index >= 15 is 0 Å². The Morgan fingerprint density at radius 2 is 1.76 bits per heavy atom. The molecular weight excluding hydrogens is 314 g/mol. The van der Waals surface area contributed by atoms with Gasteiger partial charge in [-0.15, -0.1) is 0 Å². The van der Waals surface area contributed by atoms with Crippen LogP contribution in [0, 0.1) is 34.5 Å². The summed E-state index contributed by atoms with van der Waals surface area (Å²) in [5, 5.41) is 10.4. The Balaban J connectivity index is 1.54. The van der Waals surface area contributed by atoms with Crippen LogP contribution in [0.5, 0.6) is 0 Å². The highest BCUT2D eigenvalue weighted by Gasteiger charge is 2.61. The van der Waals surface area contributed by atoms with Gasteiger partial charge in [0.1, 0.15) is 6.10 Å². The van der Waals surface area contributed by atoms with Gasteiger partial charge in [-0.1, -0.05) is 13.8 Å². The third kappa shape index (κ3) is 2.58. The lowest BCUT2D eigenvalue weighted by Crippen LogP contribution is -2.55. The van der Waals surface area contributed by atoms with E-state index in [-0.39, 0.29) is 29.6 Å². The largest absolute Gasteiger partial charge is 0.463 e. The van der Waals surface area contributed by atoms with Gasteiger partial charge in [0, 0.05) is 13.0 Å². The number of esters is 1. The molecule has 0 aromatic heterocycles. The minimum absolute atomic E-state index is 0.0521. The average molecular weight is 350 g/mol. The molecule has 0 aromatic carbocycles. The number of hydrogen-bond acceptors (Lipinski definition) is 4. The molecule has 3 N–H and O–H groups in total. The summed E-state index contributed by atoms with van der Waals surface area (Å²) in [6.07, 6.45) is 8.86. The third-order valence-corrected chi connectivity index (χ3v) is 9.06. The monoisotopic (exact) mass is 349 g/mol. The van der Waals surface area contributed by atoms with Crippen molar-refractivity contribution >= 4 is 5.97 Å².